The molecule has 8 N–H and O–H groups in total. The minimum absolute atomic E-state index is 0.0356. The van der Waals surface area contributed by atoms with Gasteiger partial charge in [-0.3, -0.25) is 19.2 Å². The summed E-state index contributed by atoms with van der Waals surface area (Å²) in [6, 6.07) is 14.2. The molecule has 0 saturated heterocycles. The Morgan fingerprint density at radius 2 is 1.29 bits per heavy atom. The lowest BCUT2D eigenvalue weighted by atomic mass is 10.0. The van der Waals surface area contributed by atoms with Gasteiger partial charge in [-0.05, 0) is 24.5 Å². The van der Waals surface area contributed by atoms with Crippen LogP contribution < -0.4 is 27.0 Å². The summed E-state index contributed by atoms with van der Waals surface area (Å²) in [5, 5.41) is 28.3. The van der Waals surface area contributed by atoms with Crippen LogP contribution in [0, 0.1) is 0 Å². The largest absolute Gasteiger partial charge is 0.480 e. The number of nitrogens with one attached hydrogen (secondary N) is 4. The molecule has 0 aliphatic heterocycles. The summed E-state index contributed by atoms with van der Waals surface area (Å²) < 4.78 is 0. The molecule has 2 rings (SSSR count). The molecule has 4 amide bonds. The number of rotatable bonds is 14. The average Bonchev–Trinajstić information content (AvgIpc) is 2.89. The zero-order chi connectivity index (χ0) is 28.1. The molecule has 0 saturated carbocycles. The van der Waals surface area contributed by atoms with Crippen LogP contribution in [0.4, 0.5) is 0 Å². The topological polar surface area (TPSA) is 200 Å². The summed E-state index contributed by atoms with van der Waals surface area (Å²) in [6.07, 6.45) is -1.05. The Labute approximate surface area is 220 Å². The van der Waals surface area contributed by atoms with Crippen LogP contribution >= 0.6 is 0 Å². The van der Waals surface area contributed by atoms with Gasteiger partial charge < -0.3 is 37.2 Å². The van der Waals surface area contributed by atoms with Crippen molar-refractivity contribution in [2.45, 2.75) is 44.0 Å². The molecular weight excluding hydrogens is 494 g/mol. The third-order valence-electron chi connectivity index (χ3n) is 5.49. The van der Waals surface area contributed by atoms with E-state index in [1.54, 1.807) is 30.3 Å². The first kappa shape index (κ1) is 29.9. The van der Waals surface area contributed by atoms with Crippen molar-refractivity contribution < 1.29 is 34.2 Å². The first-order valence-electron chi connectivity index (χ1n) is 11.9. The van der Waals surface area contributed by atoms with Crippen molar-refractivity contribution >= 4 is 29.6 Å². The predicted octanol–water partition coefficient (Wildman–Crippen LogP) is -1.53. The highest BCUT2D eigenvalue weighted by atomic mass is 16.4. The molecule has 4 unspecified atom stereocenters. The van der Waals surface area contributed by atoms with Gasteiger partial charge in [-0.15, -0.1) is 0 Å². The number of aliphatic hydroxyl groups is 1. The fourth-order valence-corrected chi connectivity index (χ4v) is 3.45. The highest BCUT2D eigenvalue weighted by molar-refractivity contribution is 5.93. The highest BCUT2D eigenvalue weighted by Gasteiger charge is 2.29. The van der Waals surface area contributed by atoms with Gasteiger partial charge in [0.15, 0.2) is 6.04 Å². The molecule has 38 heavy (non-hydrogen) atoms. The molecule has 0 fully saturated rings. The Kier molecular flexibility index (Phi) is 11.9. The smallest absolute Gasteiger partial charge is 0.328 e. The second-order valence-corrected chi connectivity index (χ2v) is 8.67. The molecule has 12 nitrogen and oxygen atoms in total. The van der Waals surface area contributed by atoms with Gasteiger partial charge in [-0.25, -0.2) is 4.79 Å². The van der Waals surface area contributed by atoms with E-state index in [-0.39, 0.29) is 6.42 Å². The fraction of sp³-hybridized carbons (Fsp3) is 0.346. The number of carboxylic acid groups (broad SMARTS) is 1. The highest BCUT2D eigenvalue weighted by Crippen LogP contribution is 2.05. The molecule has 0 spiro atoms. The quantitative estimate of drug-likeness (QED) is 0.153. The zero-order valence-corrected chi connectivity index (χ0v) is 20.9. The molecule has 0 aliphatic rings. The Hall–Kier alpha value is -4.29. The third-order valence-corrected chi connectivity index (χ3v) is 5.49. The number of carboxylic acids is 1. The third kappa shape index (κ3) is 10.4. The van der Waals surface area contributed by atoms with E-state index in [9.17, 15) is 34.2 Å². The maximum Gasteiger partial charge on any atom is 0.328 e. The van der Waals surface area contributed by atoms with E-state index < -0.39 is 66.9 Å². The number of aliphatic carboxylic acids is 1. The maximum absolute atomic E-state index is 12.8. The van der Waals surface area contributed by atoms with Crippen LogP contribution in [0.25, 0.3) is 0 Å². The second kappa shape index (κ2) is 15.1. The summed E-state index contributed by atoms with van der Waals surface area (Å²) in [5.74, 6) is -4.15. The van der Waals surface area contributed by atoms with Gasteiger partial charge in [-0.2, -0.15) is 0 Å². The van der Waals surface area contributed by atoms with E-state index in [1.807, 2.05) is 30.3 Å². The molecule has 0 aromatic heterocycles. The van der Waals surface area contributed by atoms with Gasteiger partial charge >= 0.3 is 5.97 Å². The second-order valence-electron chi connectivity index (χ2n) is 8.67. The van der Waals surface area contributed by atoms with E-state index in [4.69, 9.17) is 5.73 Å². The number of carbonyl (C=O) groups is 5. The van der Waals surface area contributed by atoms with Gasteiger partial charge in [0.25, 0.3) is 0 Å². The molecule has 0 bridgehead atoms. The first-order valence-corrected chi connectivity index (χ1v) is 11.9. The predicted molar refractivity (Wildman–Crippen MR) is 137 cm³/mol. The molecule has 204 valence electrons. The van der Waals surface area contributed by atoms with Gasteiger partial charge in [0.1, 0.15) is 6.04 Å². The summed E-state index contributed by atoms with van der Waals surface area (Å²) in [7, 11) is 0. The van der Waals surface area contributed by atoms with Crippen molar-refractivity contribution in [3.8, 4) is 0 Å². The maximum atomic E-state index is 12.8. The molecule has 2 aromatic carbocycles. The number of benzene rings is 2. The minimum Gasteiger partial charge on any atom is -0.480 e. The van der Waals surface area contributed by atoms with Crippen molar-refractivity contribution in [2.75, 3.05) is 13.1 Å². The monoisotopic (exact) mass is 527 g/mol. The van der Waals surface area contributed by atoms with Gasteiger partial charge in [0, 0.05) is 6.42 Å². The van der Waals surface area contributed by atoms with Crippen molar-refractivity contribution in [2.24, 2.45) is 5.73 Å². The van der Waals surface area contributed by atoms with Crippen molar-refractivity contribution in [3.63, 3.8) is 0 Å². The van der Waals surface area contributed by atoms with E-state index in [0.717, 1.165) is 5.56 Å². The van der Waals surface area contributed by atoms with Crippen molar-refractivity contribution in [3.05, 3.63) is 71.8 Å². The van der Waals surface area contributed by atoms with E-state index in [0.29, 0.717) is 12.0 Å². The summed E-state index contributed by atoms with van der Waals surface area (Å²) in [5.41, 5.74) is 7.44. The van der Waals surface area contributed by atoms with Crippen LogP contribution in [0.5, 0.6) is 0 Å². The molecule has 0 heterocycles. The van der Waals surface area contributed by atoms with Crippen LogP contribution in [-0.2, 0) is 36.8 Å². The summed E-state index contributed by atoms with van der Waals surface area (Å²) in [6.45, 7) is 0.312. The van der Waals surface area contributed by atoms with E-state index in [1.165, 1.54) is 6.92 Å². The first-order chi connectivity index (χ1) is 18.1. The summed E-state index contributed by atoms with van der Waals surface area (Å²) >= 11 is 0. The number of carbonyl (C=O) groups excluding carboxylic acids is 4. The van der Waals surface area contributed by atoms with Gasteiger partial charge in [0.2, 0.25) is 23.6 Å². The molecular formula is C26H33N5O7. The lowest BCUT2D eigenvalue weighted by Crippen LogP contribution is -2.56. The number of aliphatic hydroxyl groups excluding tert-OH is 1. The number of amides is 4. The Balaban J connectivity index is 1.88. The average molecular weight is 528 g/mol. The lowest BCUT2D eigenvalue weighted by molar-refractivity contribution is -0.145. The molecule has 4 atom stereocenters. The van der Waals surface area contributed by atoms with Crippen LogP contribution in [0.3, 0.4) is 0 Å². The zero-order valence-electron chi connectivity index (χ0n) is 20.9. The van der Waals surface area contributed by atoms with Crippen LogP contribution in [0.15, 0.2) is 60.7 Å². The molecule has 12 heteroatoms. The standard InChI is InChI=1S/C26H33N5O7/c1-16(32)23(26(37)38)31-25(36)20(13-18-10-6-3-7-11-18)30-22(34)15-28-21(33)14-29-24(35)19(27)12-17-8-4-2-5-9-17/h2-11,16,19-20,23,32H,12-15,27H2,1H3,(H,28,33)(H,29,35)(H,30,34)(H,31,36)(H,37,38). The number of hydrogen-bond donors (Lipinski definition) is 7. The van der Waals surface area contributed by atoms with E-state index in [2.05, 4.69) is 21.3 Å². The van der Waals surface area contributed by atoms with Crippen molar-refractivity contribution in [1.82, 2.24) is 21.3 Å². The number of hydrogen-bond acceptors (Lipinski definition) is 7. The van der Waals surface area contributed by atoms with Crippen LogP contribution in [0.2, 0.25) is 0 Å². The van der Waals surface area contributed by atoms with Gasteiger partial charge in [0.05, 0.1) is 25.2 Å². The molecule has 2 aromatic rings. The van der Waals surface area contributed by atoms with Crippen LogP contribution in [-0.4, -0.2) is 77.1 Å². The Bertz CT molecular complexity index is 1100. The fourth-order valence-electron chi connectivity index (χ4n) is 3.45. The van der Waals surface area contributed by atoms with Gasteiger partial charge in [-0.1, -0.05) is 60.7 Å². The van der Waals surface area contributed by atoms with E-state index >= 15 is 0 Å². The summed E-state index contributed by atoms with van der Waals surface area (Å²) in [4.78, 5) is 60.9. The molecule has 0 radical (unpaired) electrons. The molecule has 0 aliphatic carbocycles. The Morgan fingerprint density at radius 1 is 0.763 bits per heavy atom. The van der Waals surface area contributed by atoms with Crippen LogP contribution in [0.1, 0.15) is 18.1 Å². The number of nitrogens with two attached hydrogens (primary N) is 1. The Morgan fingerprint density at radius 3 is 1.82 bits per heavy atom. The SMILES string of the molecule is CC(O)C(NC(=O)C(Cc1ccccc1)NC(=O)CNC(=O)CNC(=O)C(N)Cc1ccccc1)C(=O)O. The lowest BCUT2D eigenvalue weighted by Gasteiger charge is -2.23. The normalized spacial score (nSPS) is 13.8. The minimum atomic E-state index is -1.57. The van der Waals surface area contributed by atoms with Crippen molar-refractivity contribution in [1.29, 1.82) is 0 Å².